The zero-order valence-corrected chi connectivity index (χ0v) is 16.1. The van der Waals surface area contributed by atoms with Crippen LogP contribution in [0.15, 0.2) is 41.6 Å². The number of hydrogen-bond acceptors (Lipinski definition) is 6. The Bertz CT molecular complexity index is 894. The molecule has 4 rings (SSSR count). The number of methoxy groups -OCH3 is 2. The number of nitrogens with two attached hydrogens (primary N) is 1. The van der Waals surface area contributed by atoms with Gasteiger partial charge in [-0.15, -0.1) is 0 Å². The number of fused-ring (bicyclic) bond motifs is 1. The lowest BCUT2D eigenvalue weighted by Gasteiger charge is -2.28. The Balaban J connectivity index is 1.75. The van der Waals surface area contributed by atoms with Crippen LogP contribution in [0.3, 0.4) is 0 Å². The van der Waals surface area contributed by atoms with E-state index in [1.807, 2.05) is 18.2 Å². The first-order valence-electron chi connectivity index (χ1n) is 9.35. The van der Waals surface area contributed by atoms with Gasteiger partial charge in [-0.3, -0.25) is 4.90 Å². The van der Waals surface area contributed by atoms with Crippen LogP contribution < -0.4 is 20.5 Å². The second-order valence-electron chi connectivity index (χ2n) is 7.00. The van der Waals surface area contributed by atoms with Crippen LogP contribution >= 0.6 is 0 Å². The molecule has 142 valence electrons. The molecule has 0 fully saturated rings. The van der Waals surface area contributed by atoms with Gasteiger partial charge in [-0.05, 0) is 30.2 Å². The highest BCUT2D eigenvalue weighted by atomic mass is 16.5. The van der Waals surface area contributed by atoms with Crippen molar-refractivity contribution < 1.29 is 9.47 Å². The highest BCUT2D eigenvalue weighted by Crippen LogP contribution is 2.44. The normalized spacial score (nSPS) is 18.7. The Morgan fingerprint density at radius 3 is 2.74 bits per heavy atom. The van der Waals surface area contributed by atoms with Crippen LogP contribution in [0.25, 0.3) is 11.1 Å². The maximum absolute atomic E-state index is 6.66. The molecule has 3 heterocycles. The molecule has 0 spiro atoms. The summed E-state index contributed by atoms with van der Waals surface area (Å²) < 4.78 is 10.8. The smallest absolute Gasteiger partial charge is 0.224 e. The fourth-order valence-electron chi connectivity index (χ4n) is 4.03. The fourth-order valence-corrected chi connectivity index (χ4v) is 4.03. The molecule has 6 heteroatoms. The average Bonchev–Trinajstić information content (AvgIpc) is 3.10. The van der Waals surface area contributed by atoms with Crippen molar-refractivity contribution in [2.75, 3.05) is 39.2 Å². The van der Waals surface area contributed by atoms with Crippen LogP contribution in [0.5, 0.6) is 11.8 Å². The van der Waals surface area contributed by atoms with Gasteiger partial charge in [0, 0.05) is 36.0 Å². The van der Waals surface area contributed by atoms with Crippen molar-refractivity contribution in [3.8, 4) is 22.9 Å². The summed E-state index contributed by atoms with van der Waals surface area (Å²) in [5, 5.41) is 3.67. The Labute approximate surface area is 160 Å². The molecule has 1 atom stereocenters. The number of benzene rings is 1. The van der Waals surface area contributed by atoms with Crippen molar-refractivity contribution in [2.24, 2.45) is 5.73 Å². The summed E-state index contributed by atoms with van der Waals surface area (Å²) in [6.45, 7) is 5.15. The van der Waals surface area contributed by atoms with Crippen molar-refractivity contribution in [1.82, 2.24) is 9.88 Å². The molecule has 0 aliphatic carbocycles. The topological polar surface area (TPSA) is 72.6 Å². The number of nitrogens with one attached hydrogen (secondary N) is 1. The Morgan fingerprint density at radius 1 is 1.15 bits per heavy atom. The van der Waals surface area contributed by atoms with E-state index in [9.17, 15) is 0 Å². The van der Waals surface area contributed by atoms with E-state index in [-0.39, 0.29) is 6.04 Å². The molecule has 0 bridgehead atoms. The van der Waals surface area contributed by atoms with E-state index in [2.05, 4.69) is 34.3 Å². The second kappa shape index (κ2) is 7.21. The first-order chi connectivity index (χ1) is 13.2. The summed E-state index contributed by atoms with van der Waals surface area (Å²) >= 11 is 0. The molecule has 2 aliphatic heterocycles. The van der Waals surface area contributed by atoms with Crippen molar-refractivity contribution in [2.45, 2.75) is 19.4 Å². The first-order valence-corrected chi connectivity index (χ1v) is 9.35. The molecule has 3 N–H and O–H groups in total. The standard InChI is InChI=1S/C21H26N4O2/c1-4-10-25-11-16-17(12-25)23-20-13(6-5-7-15(20)19(16)22)14-8-9-18(26-2)24-21(14)27-3/h5-9,19,23H,4,10-12,22H2,1-3H3. The van der Waals surface area contributed by atoms with Gasteiger partial charge in [-0.2, -0.15) is 4.98 Å². The zero-order chi connectivity index (χ0) is 19.0. The molecular weight excluding hydrogens is 340 g/mol. The number of hydrogen-bond donors (Lipinski definition) is 2. The number of pyridine rings is 1. The largest absolute Gasteiger partial charge is 0.481 e. The van der Waals surface area contributed by atoms with Gasteiger partial charge < -0.3 is 20.5 Å². The van der Waals surface area contributed by atoms with E-state index in [0.29, 0.717) is 11.8 Å². The number of nitrogens with zero attached hydrogens (tertiary/aromatic N) is 2. The molecular formula is C21H26N4O2. The third-order valence-corrected chi connectivity index (χ3v) is 5.31. The number of anilines is 1. The molecule has 2 aromatic rings. The van der Waals surface area contributed by atoms with E-state index in [1.54, 1.807) is 14.2 Å². The van der Waals surface area contributed by atoms with Crippen LogP contribution in [-0.2, 0) is 0 Å². The van der Waals surface area contributed by atoms with E-state index in [1.165, 1.54) is 11.3 Å². The maximum atomic E-state index is 6.66. The summed E-state index contributed by atoms with van der Waals surface area (Å²) in [7, 11) is 3.22. The van der Waals surface area contributed by atoms with Gasteiger partial charge in [0.15, 0.2) is 0 Å². The minimum absolute atomic E-state index is 0.0877. The predicted molar refractivity (Wildman–Crippen MR) is 107 cm³/mol. The fraction of sp³-hybridized carbons (Fsp3) is 0.381. The van der Waals surface area contributed by atoms with Crippen LogP contribution in [0, 0.1) is 0 Å². The summed E-state index contributed by atoms with van der Waals surface area (Å²) in [5.41, 5.74) is 13.3. The third-order valence-electron chi connectivity index (χ3n) is 5.31. The van der Waals surface area contributed by atoms with Crippen molar-refractivity contribution in [3.63, 3.8) is 0 Å². The molecule has 1 aromatic carbocycles. The monoisotopic (exact) mass is 366 g/mol. The van der Waals surface area contributed by atoms with Crippen molar-refractivity contribution in [3.05, 3.63) is 47.2 Å². The summed E-state index contributed by atoms with van der Waals surface area (Å²) in [6.07, 6.45) is 1.14. The Hall–Kier alpha value is -2.57. The van der Waals surface area contributed by atoms with Crippen LogP contribution in [0.2, 0.25) is 0 Å². The van der Waals surface area contributed by atoms with Gasteiger partial charge in [0.1, 0.15) is 0 Å². The van der Waals surface area contributed by atoms with E-state index >= 15 is 0 Å². The van der Waals surface area contributed by atoms with E-state index < -0.39 is 0 Å². The van der Waals surface area contributed by atoms with Gasteiger partial charge in [0.2, 0.25) is 11.8 Å². The molecule has 6 nitrogen and oxygen atoms in total. The van der Waals surface area contributed by atoms with Crippen LogP contribution in [0.1, 0.15) is 24.9 Å². The molecule has 1 unspecified atom stereocenters. The lowest BCUT2D eigenvalue weighted by molar-refractivity contribution is 0.343. The second-order valence-corrected chi connectivity index (χ2v) is 7.00. The molecule has 0 saturated carbocycles. The van der Waals surface area contributed by atoms with Gasteiger partial charge in [0.25, 0.3) is 0 Å². The lowest BCUT2D eigenvalue weighted by atomic mass is 9.90. The summed E-state index contributed by atoms with van der Waals surface area (Å²) in [4.78, 5) is 6.88. The van der Waals surface area contributed by atoms with E-state index in [0.717, 1.165) is 48.4 Å². The van der Waals surface area contributed by atoms with Crippen LogP contribution in [0.4, 0.5) is 5.69 Å². The van der Waals surface area contributed by atoms with Crippen molar-refractivity contribution >= 4 is 5.69 Å². The minimum Gasteiger partial charge on any atom is -0.481 e. The lowest BCUT2D eigenvalue weighted by Crippen LogP contribution is -2.24. The highest BCUT2D eigenvalue weighted by Gasteiger charge is 2.33. The highest BCUT2D eigenvalue weighted by molar-refractivity contribution is 5.86. The number of para-hydroxylation sites is 1. The maximum Gasteiger partial charge on any atom is 0.224 e. The number of ether oxygens (including phenoxy) is 2. The SMILES string of the molecule is CCCN1CC2=C(C1)C(N)c1cccc(-c3ccc(OC)nc3OC)c1N2. The van der Waals surface area contributed by atoms with Gasteiger partial charge >= 0.3 is 0 Å². The average molecular weight is 366 g/mol. The summed E-state index contributed by atoms with van der Waals surface area (Å²) in [6, 6.07) is 9.97. The predicted octanol–water partition coefficient (Wildman–Crippen LogP) is 3.17. The zero-order valence-electron chi connectivity index (χ0n) is 16.1. The molecule has 0 amide bonds. The minimum atomic E-state index is -0.0877. The molecule has 1 aromatic heterocycles. The molecule has 2 aliphatic rings. The Morgan fingerprint density at radius 2 is 2.00 bits per heavy atom. The number of aromatic nitrogens is 1. The van der Waals surface area contributed by atoms with E-state index in [4.69, 9.17) is 15.2 Å². The van der Waals surface area contributed by atoms with Gasteiger partial charge in [-0.25, -0.2) is 0 Å². The summed E-state index contributed by atoms with van der Waals surface area (Å²) in [5.74, 6) is 1.07. The quantitative estimate of drug-likeness (QED) is 0.847. The first kappa shape index (κ1) is 17.8. The molecule has 0 radical (unpaired) electrons. The Kier molecular flexibility index (Phi) is 4.76. The molecule has 0 saturated heterocycles. The molecule has 27 heavy (non-hydrogen) atoms. The number of rotatable bonds is 5. The van der Waals surface area contributed by atoms with Gasteiger partial charge in [0.05, 0.1) is 25.9 Å². The van der Waals surface area contributed by atoms with Crippen molar-refractivity contribution in [1.29, 1.82) is 0 Å². The van der Waals surface area contributed by atoms with Crippen LogP contribution in [-0.4, -0.2) is 43.7 Å². The third kappa shape index (κ3) is 3.05. The van der Waals surface area contributed by atoms with Gasteiger partial charge in [-0.1, -0.05) is 25.1 Å².